The molecule has 1 aromatic rings. The molecule has 1 atom stereocenters. The van der Waals surface area contributed by atoms with Crippen LogP contribution in [0.2, 0.25) is 0 Å². The number of methoxy groups -OCH3 is 1. The molecule has 0 spiro atoms. The van der Waals surface area contributed by atoms with Crippen molar-refractivity contribution < 1.29 is 13.9 Å². The summed E-state index contributed by atoms with van der Waals surface area (Å²) in [4.78, 5) is 0. The largest absolute Gasteiger partial charge is 0.494 e. The summed E-state index contributed by atoms with van der Waals surface area (Å²) < 4.78 is 23.9. The maximum Gasteiger partial charge on any atom is 0.167 e. The molecule has 2 N–H and O–H groups in total. The minimum Gasteiger partial charge on any atom is -0.494 e. The van der Waals surface area contributed by atoms with Crippen LogP contribution in [0.1, 0.15) is 6.42 Å². The molecule has 0 aliphatic carbocycles. The van der Waals surface area contributed by atoms with E-state index in [1.165, 1.54) is 13.2 Å². The van der Waals surface area contributed by atoms with Gasteiger partial charge in [0, 0.05) is 31.4 Å². The number of hydrogen-bond donors (Lipinski definition) is 2. The fourth-order valence-corrected chi connectivity index (χ4v) is 1.96. The first-order valence-electron chi connectivity index (χ1n) is 6.19. The van der Waals surface area contributed by atoms with Gasteiger partial charge in [0.2, 0.25) is 0 Å². The molecule has 1 saturated heterocycles. The number of nitrogens with one attached hydrogen (secondary N) is 2. The Morgan fingerprint density at radius 3 is 3.11 bits per heavy atom. The topological polar surface area (TPSA) is 42.5 Å². The third kappa shape index (κ3) is 3.58. The fraction of sp³-hybridized carbons (Fsp3) is 0.538. The van der Waals surface area contributed by atoms with Crippen molar-refractivity contribution in [2.45, 2.75) is 12.5 Å². The van der Waals surface area contributed by atoms with Crippen LogP contribution in [0, 0.1) is 5.82 Å². The number of ether oxygens (including phenoxy) is 2. The summed E-state index contributed by atoms with van der Waals surface area (Å²) in [6, 6.07) is 4.87. The van der Waals surface area contributed by atoms with Gasteiger partial charge in [-0.25, -0.2) is 4.39 Å². The average molecular weight is 254 g/mol. The molecule has 0 aromatic heterocycles. The van der Waals surface area contributed by atoms with Crippen LogP contribution in [0.3, 0.4) is 0 Å². The van der Waals surface area contributed by atoms with E-state index in [0.29, 0.717) is 0 Å². The normalized spacial score (nSPS) is 19.6. The zero-order valence-corrected chi connectivity index (χ0v) is 10.5. The van der Waals surface area contributed by atoms with Crippen LogP contribution in [-0.4, -0.2) is 39.5 Å². The lowest BCUT2D eigenvalue weighted by Gasteiger charge is -2.23. The highest BCUT2D eigenvalue weighted by atomic mass is 19.1. The Hall–Kier alpha value is -1.33. The molecule has 1 aliphatic rings. The number of halogens is 1. The summed E-state index contributed by atoms with van der Waals surface area (Å²) in [6.07, 6.45) is 1.15. The van der Waals surface area contributed by atoms with Gasteiger partial charge in [-0.2, -0.15) is 0 Å². The van der Waals surface area contributed by atoms with E-state index in [2.05, 4.69) is 10.6 Å². The highest BCUT2D eigenvalue weighted by molar-refractivity contribution is 5.47. The SMILES string of the molecule is COc1ccc(NCCC2CNCCO2)cc1F. The minimum atomic E-state index is -0.349. The van der Waals surface area contributed by atoms with Gasteiger partial charge in [-0.1, -0.05) is 0 Å². The monoisotopic (exact) mass is 254 g/mol. The van der Waals surface area contributed by atoms with Gasteiger partial charge in [-0.3, -0.25) is 0 Å². The Labute approximate surface area is 106 Å². The Morgan fingerprint density at radius 2 is 2.44 bits per heavy atom. The first kappa shape index (κ1) is 13.1. The van der Waals surface area contributed by atoms with E-state index in [-0.39, 0.29) is 17.7 Å². The van der Waals surface area contributed by atoms with Crippen molar-refractivity contribution in [3.63, 3.8) is 0 Å². The Morgan fingerprint density at radius 1 is 1.56 bits per heavy atom. The molecule has 5 heteroatoms. The lowest BCUT2D eigenvalue weighted by atomic mass is 10.2. The molecule has 0 saturated carbocycles. The Kier molecular flexibility index (Phi) is 4.78. The van der Waals surface area contributed by atoms with Gasteiger partial charge in [0.1, 0.15) is 0 Å². The highest BCUT2D eigenvalue weighted by Crippen LogP contribution is 2.20. The second kappa shape index (κ2) is 6.56. The van der Waals surface area contributed by atoms with Crippen molar-refractivity contribution in [3.8, 4) is 5.75 Å². The van der Waals surface area contributed by atoms with Gasteiger partial charge in [0.15, 0.2) is 11.6 Å². The third-order valence-electron chi connectivity index (χ3n) is 2.95. The van der Waals surface area contributed by atoms with Crippen LogP contribution in [0.5, 0.6) is 5.75 Å². The van der Waals surface area contributed by atoms with Gasteiger partial charge in [0.25, 0.3) is 0 Å². The number of anilines is 1. The lowest BCUT2D eigenvalue weighted by Crippen LogP contribution is -2.39. The summed E-state index contributed by atoms with van der Waals surface area (Å²) in [7, 11) is 1.46. The lowest BCUT2D eigenvalue weighted by molar-refractivity contribution is 0.0258. The van der Waals surface area contributed by atoms with Crippen molar-refractivity contribution in [3.05, 3.63) is 24.0 Å². The van der Waals surface area contributed by atoms with Crippen LogP contribution in [-0.2, 0) is 4.74 Å². The quantitative estimate of drug-likeness (QED) is 0.838. The molecular formula is C13H19FN2O2. The smallest absolute Gasteiger partial charge is 0.167 e. The number of rotatable bonds is 5. The molecule has 100 valence electrons. The van der Waals surface area contributed by atoms with Crippen LogP contribution >= 0.6 is 0 Å². The first-order chi connectivity index (χ1) is 8.79. The number of benzene rings is 1. The van der Waals surface area contributed by atoms with Crippen LogP contribution in [0.25, 0.3) is 0 Å². The predicted octanol–water partition coefficient (Wildman–Crippen LogP) is 1.62. The molecule has 1 fully saturated rings. The van der Waals surface area contributed by atoms with Gasteiger partial charge >= 0.3 is 0 Å². The number of morpholine rings is 1. The summed E-state index contributed by atoms with van der Waals surface area (Å²) >= 11 is 0. The van der Waals surface area contributed by atoms with E-state index in [1.807, 2.05) is 6.07 Å². The van der Waals surface area contributed by atoms with Crippen LogP contribution in [0.15, 0.2) is 18.2 Å². The van der Waals surface area contributed by atoms with Gasteiger partial charge < -0.3 is 20.1 Å². The Balaban J connectivity index is 1.77. The molecule has 1 unspecified atom stereocenters. The summed E-state index contributed by atoms with van der Waals surface area (Å²) in [5.74, 6) is -0.0848. The van der Waals surface area contributed by atoms with E-state index in [0.717, 1.165) is 38.3 Å². The third-order valence-corrected chi connectivity index (χ3v) is 2.95. The molecular weight excluding hydrogens is 235 g/mol. The molecule has 1 heterocycles. The van der Waals surface area contributed by atoms with Crippen molar-refractivity contribution in [2.75, 3.05) is 38.7 Å². The first-order valence-corrected chi connectivity index (χ1v) is 6.19. The van der Waals surface area contributed by atoms with Crippen molar-refractivity contribution in [1.29, 1.82) is 0 Å². The van der Waals surface area contributed by atoms with Crippen LogP contribution < -0.4 is 15.4 Å². The van der Waals surface area contributed by atoms with Crippen molar-refractivity contribution >= 4 is 5.69 Å². The van der Waals surface area contributed by atoms with Gasteiger partial charge in [-0.05, 0) is 18.6 Å². The summed E-state index contributed by atoms with van der Waals surface area (Å²) in [5.41, 5.74) is 0.761. The maximum atomic E-state index is 13.4. The van der Waals surface area contributed by atoms with Gasteiger partial charge in [-0.15, -0.1) is 0 Å². The van der Waals surface area contributed by atoms with E-state index in [4.69, 9.17) is 9.47 Å². The molecule has 0 radical (unpaired) electrons. The van der Waals surface area contributed by atoms with Crippen molar-refractivity contribution in [2.24, 2.45) is 0 Å². The molecule has 1 aliphatic heterocycles. The second-order valence-corrected chi connectivity index (χ2v) is 4.26. The molecule has 18 heavy (non-hydrogen) atoms. The minimum absolute atomic E-state index is 0.245. The fourth-order valence-electron chi connectivity index (χ4n) is 1.96. The highest BCUT2D eigenvalue weighted by Gasteiger charge is 2.12. The zero-order valence-electron chi connectivity index (χ0n) is 10.5. The second-order valence-electron chi connectivity index (χ2n) is 4.26. The maximum absolute atomic E-state index is 13.4. The van der Waals surface area contributed by atoms with E-state index in [1.54, 1.807) is 6.07 Å². The Bertz CT molecular complexity index is 381. The van der Waals surface area contributed by atoms with E-state index in [9.17, 15) is 4.39 Å². The molecule has 0 amide bonds. The molecule has 2 rings (SSSR count). The summed E-state index contributed by atoms with van der Waals surface area (Å²) in [5, 5.41) is 6.46. The molecule has 1 aromatic carbocycles. The van der Waals surface area contributed by atoms with E-state index < -0.39 is 0 Å². The number of hydrogen-bond acceptors (Lipinski definition) is 4. The average Bonchev–Trinajstić information content (AvgIpc) is 2.40. The summed E-state index contributed by atoms with van der Waals surface area (Å²) in [6.45, 7) is 3.34. The standard InChI is InChI=1S/C13H19FN2O2/c1-17-13-3-2-10(8-12(13)14)16-5-4-11-9-15-6-7-18-11/h2-3,8,11,15-16H,4-7,9H2,1H3. The van der Waals surface area contributed by atoms with Crippen molar-refractivity contribution in [1.82, 2.24) is 5.32 Å². The zero-order chi connectivity index (χ0) is 12.8. The predicted molar refractivity (Wildman–Crippen MR) is 68.7 cm³/mol. The van der Waals surface area contributed by atoms with Crippen LogP contribution in [0.4, 0.5) is 10.1 Å². The van der Waals surface area contributed by atoms with Gasteiger partial charge in [0.05, 0.1) is 19.8 Å². The molecule has 4 nitrogen and oxygen atoms in total. The molecule has 0 bridgehead atoms. The van der Waals surface area contributed by atoms with E-state index >= 15 is 0 Å².